The minimum absolute atomic E-state index is 0.472. The van der Waals surface area contributed by atoms with Crippen LogP contribution in [0.3, 0.4) is 0 Å². The summed E-state index contributed by atoms with van der Waals surface area (Å²) >= 11 is 0. The summed E-state index contributed by atoms with van der Waals surface area (Å²) in [5.41, 5.74) is 0.472. The van der Waals surface area contributed by atoms with Crippen LogP contribution in [0.4, 0.5) is 0 Å². The van der Waals surface area contributed by atoms with Crippen LogP contribution in [0, 0.1) is 11.3 Å². The van der Waals surface area contributed by atoms with E-state index in [4.69, 9.17) is 9.47 Å². The summed E-state index contributed by atoms with van der Waals surface area (Å²) in [6.07, 6.45) is 2.96. The second-order valence-corrected chi connectivity index (χ2v) is 4.74. The molecule has 2 rings (SSSR count). The first-order chi connectivity index (χ1) is 7.12. The minimum Gasteiger partial charge on any atom is -0.492 e. The maximum atomic E-state index is 5.65. The first-order valence-electron chi connectivity index (χ1n) is 5.25. The number of rotatable bonds is 4. The van der Waals surface area contributed by atoms with Crippen LogP contribution in [-0.2, 0) is 0 Å². The molecule has 1 aromatic rings. The molecule has 0 N–H and O–H groups in total. The molecule has 0 aliphatic heterocycles. The number of pyridine rings is 1. The summed E-state index contributed by atoms with van der Waals surface area (Å²) in [6.45, 7) is 5.33. The van der Waals surface area contributed by atoms with E-state index in [-0.39, 0.29) is 0 Å². The van der Waals surface area contributed by atoms with E-state index in [1.54, 1.807) is 13.3 Å². The summed E-state index contributed by atoms with van der Waals surface area (Å²) in [5.74, 6) is 2.13. The van der Waals surface area contributed by atoms with Crippen molar-refractivity contribution in [3.63, 3.8) is 0 Å². The van der Waals surface area contributed by atoms with Gasteiger partial charge >= 0.3 is 0 Å². The molecule has 1 aliphatic carbocycles. The van der Waals surface area contributed by atoms with Gasteiger partial charge in [-0.2, -0.15) is 0 Å². The topological polar surface area (TPSA) is 31.4 Å². The van der Waals surface area contributed by atoms with Gasteiger partial charge in [-0.15, -0.1) is 0 Å². The lowest BCUT2D eigenvalue weighted by molar-refractivity contribution is 0.277. The molecule has 0 aromatic carbocycles. The largest absolute Gasteiger partial charge is 0.492 e. The molecule has 82 valence electrons. The Kier molecular flexibility index (Phi) is 2.55. The fourth-order valence-corrected chi connectivity index (χ4v) is 1.63. The molecule has 1 fully saturated rings. The SMILES string of the molecule is COc1ccc(OCC2CC2(C)C)cn1. The predicted octanol–water partition coefficient (Wildman–Crippen LogP) is 2.52. The van der Waals surface area contributed by atoms with Gasteiger partial charge in [0.05, 0.1) is 19.9 Å². The zero-order valence-corrected chi connectivity index (χ0v) is 9.49. The average Bonchev–Trinajstić information content (AvgIpc) is 2.84. The Morgan fingerprint density at radius 3 is 2.67 bits per heavy atom. The van der Waals surface area contributed by atoms with Gasteiger partial charge in [0.2, 0.25) is 5.88 Å². The van der Waals surface area contributed by atoms with Gasteiger partial charge in [0.1, 0.15) is 5.75 Å². The van der Waals surface area contributed by atoms with Crippen molar-refractivity contribution in [2.75, 3.05) is 13.7 Å². The molecule has 1 aromatic heterocycles. The molecule has 0 saturated heterocycles. The summed E-state index contributed by atoms with van der Waals surface area (Å²) in [5, 5.41) is 0. The Hall–Kier alpha value is -1.25. The molecule has 0 radical (unpaired) electrons. The van der Waals surface area contributed by atoms with Crippen molar-refractivity contribution in [2.45, 2.75) is 20.3 Å². The molecule has 1 aliphatic rings. The van der Waals surface area contributed by atoms with Gasteiger partial charge in [-0.3, -0.25) is 0 Å². The Bertz CT molecular complexity index is 332. The van der Waals surface area contributed by atoms with E-state index in [0.29, 0.717) is 17.2 Å². The molecule has 1 atom stereocenters. The zero-order chi connectivity index (χ0) is 10.9. The van der Waals surface area contributed by atoms with E-state index in [0.717, 1.165) is 12.4 Å². The van der Waals surface area contributed by atoms with Crippen LogP contribution in [0.5, 0.6) is 11.6 Å². The molecule has 0 bridgehead atoms. The van der Waals surface area contributed by atoms with E-state index in [9.17, 15) is 0 Å². The minimum atomic E-state index is 0.472. The Morgan fingerprint density at radius 1 is 1.47 bits per heavy atom. The molecule has 15 heavy (non-hydrogen) atoms. The third-order valence-electron chi connectivity index (χ3n) is 3.09. The molecule has 1 heterocycles. The van der Waals surface area contributed by atoms with Crippen molar-refractivity contribution >= 4 is 0 Å². The van der Waals surface area contributed by atoms with Crippen LogP contribution in [0.1, 0.15) is 20.3 Å². The monoisotopic (exact) mass is 207 g/mol. The van der Waals surface area contributed by atoms with E-state index < -0.39 is 0 Å². The van der Waals surface area contributed by atoms with Gasteiger partial charge in [-0.05, 0) is 23.8 Å². The number of aromatic nitrogens is 1. The van der Waals surface area contributed by atoms with E-state index in [1.165, 1.54) is 6.42 Å². The van der Waals surface area contributed by atoms with Crippen molar-refractivity contribution in [1.29, 1.82) is 0 Å². The van der Waals surface area contributed by atoms with Gasteiger partial charge in [0, 0.05) is 6.07 Å². The van der Waals surface area contributed by atoms with Crippen LogP contribution in [0.25, 0.3) is 0 Å². The van der Waals surface area contributed by atoms with E-state index in [2.05, 4.69) is 18.8 Å². The summed E-state index contributed by atoms with van der Waals surface area (Å²) in [7, 11) is 1.61. The van der Waals surface area contributed by atoms with Crippen LogP contribution in [0.15, 0.2) is 18.3 Å². The standard InChI is InChI=1S/C12H17NO2/c1-12(2)6-9(12)8-15-10-4-5-11(14-3)13-7-10/h4-5,7,9H,6,8H2,1-3H3. The lowest BCUT2D eigenvalue weighted by Gasteiger charge is -2.07. The number of methoxy groups -OCH3 is 1. The van der Waals surface area contributed by atoms with Crippen LogP contribution >= 0.6 is 0 Å². The molecule has 3 nitrogen and oxygen atoms in total. The van der Waals surface area contributed by atoms with Gasteiger partial charge in [0.25, 0.3) is 0 Å². The number of ether oxygens (including phenoxy) is 2. The van der Waals surface area contributed by atoms with Crippen molar-refractivity contribution in [1.82, 2.24) is 4.98 Å². The fourth-order valence-electron chi connectivity index (χ4n) is 1.63. The maximum Gasteiger partial charge on any atom is 0.213 e. The maximum absolute atomic E-state index is 5.65. The molecule has 0 spiro atoms. The van der Waals surface area contributed by atoms with E-state index >= 15 is 0 Å². The molecular formula is C12H17NO2. The van der Waals surface area contributed by atoms with Crippen LogP contribution in [-0.4, -0.2) is 18.7 Å². The predicted molar refractivity (Wildman–Crippen MR) is 58.2 cm³/mol. The summed E-state index contributed by atoms with van der Waals surface area (Å²) in [6, 6.07) is 3.70. The lowest BCUT2D eigenvalue weighted by Crippen LogP contribution is -2.04. The highest BCUT2D eigenvalue weighted by Gasteiger charge is 2.45. The Balaban J connectivity index is 1.84. The zero-order valence-electron chi connectivity index (χ0n) is 9.49. The number of nitrogens with zero attached hydrogens (tertiary/aromatic N) is 1. The highest BCUT2D eigenvalue weighted by Crippen LogP contribution is 2.51. The highest BCUT2D eigenvalue weighted by atomic mass is 16.5. The summed E-state index contributed by atoms with van der Waals surface area (Å²) < 4.78 is 10.6. The fraction of sp³-hybridized carbons (Fsp3) is 0.583. The Morgan fingerprint density at radius 2 is 2.20 bits per heavy atom. The van der Waals surface area contributed by atoms with Crippen LogP contribution in [0.2, 0.25) is 0 Å². The molecule has 1 unspecified atom stereocenters. The van der Waals surface area contributed by atoms with Gasteiger partial charge in [-0.25, -0.2) is 4.98 Å². The quantitative estimate of drug-likeness (QED) is 0.760. The van der Waals surface area contributed by atoms with Crippen LogP contribution < -0.4 is 9.47 Å². The number of hydrogen-bond acceptors (Lipinski definition) is 3. The second-order valence-electron chi connectivity index (χ2n) is 4.74. The van der Waals surface area contributed by atoms with Gasteiger partial charge in [0.15, 0.2) is 0 Å². The normalized spacial score (nSPS) is 22.2. The molecule has 0 amide bonds. The lowest BCUT2D eigenvalue weighted by atomic mass is 10.1. The summed E-state index contributed by atoms with van der Waals surface area (Å²) in [4.78, 5) is 4.08. The Labute approximate surface area is 90.4 Å². The van der Waals surface area contributed by atoms with Gasteiger partial charge in [-0.1, -0.05) is 13.8 Å². The van der Waals surface area contributed by atoms with Crippen molar-refractivity contribution in [3.8, 4) is 11.6 Å². The third-order valence-corrected chi connectivity index (χ3v) is 3.09. The number of hydrogen-bond donors (Lipinski definition) is 0. The molecule has 1 saturated carbocycles. The smallest absolute Gasteiger partial charge is 0.213 e. The second kappa shape index (κ2) is 3.72. The highest BCUT2D eigenvalue weighted by molar-refractivity contribution is 5.22. The molecular weight excluding hydrogens is 190 g/mol. The van der Waals surface area contributed by atoms with E-state index in [1.807, 2.05) is 12.1 Å². The third kappa shape index (κ3) is 2.41. The first-order valence-corrected chi connectivity index (χ1v) is 5.25. The first kappa shape index (κ1) is 10.3. The van der Waals surface area contributed by atoms with Crippen molar-refractivity contribution < 1.29 is 9.47 Å². The molecule has 3 heteroatoms. The van der Waals surface area contributed by atoms with Gasteiger partial charge < -0.3 is 9.47 Å². The average molecular weight is 207 g/mol. The van der Waals surface area contributed by atoms with Crippen molar-refractivity contribution in [3.05, 3.63) is 18.3 Å². The van der Waals surface area contributed by atoms with Crippen molar-refractivity contribution in [2.24, 2.45) is 11.3 Å².